The average molecular weight is 312 g/mol. The average Bonchev–Trinajstić information content (AvgIpc) is 2.33. The van der Waals surface area contributed by atoms with E-state index in [0.29, 0.717) is 11.6 Å². The van der Waals surface area contributed by atoms with Gasteiger partial charge in [-0.25, -0.2) is 0 Å². The zero-order chi connectivity index (χ0) is 16.2. The van der Waals surface area contributed by atoms with Crippen LogP contribution in [-0.2, 0) is 10.5 Å². The molecular weight excluding hydrogens is 288 g/mol. The second-order valence-corrected chi connectivity index (χ2v) is 6.68. The summed E-state index contributed by atoms with van der Waals surface area (Å²) in [6, 6.07) is 0.341. The number of nitrogens with two attached hydrogens (primary N) is 2. The van der Waals surface area contributed by atoms with Gasteiger partial charge in [0.25, 0.3) is 0 Å². The van der Waals surface area contributed by atoms with Crippen LogP contribution in [0.5, 0.6) is 0 Å². The summed E-state index contributed by atoms with van der Waals surface area (Å²) in [5.41, 5.74) is 11.1. The molecular formula is C13H24N6OS. The Balaban J connectivity index is 2.68. The fraction of sp³-hybridized carbons (Fsp3) is 0.692. The zero-order valence-corrected chi connectivity index (χ0v) is 14.0. The van der Waals surface area contributed by atoms with Gasteiger partial charge >= 0.3 is 0 Å². The third-order valence-corrected chi connectivity index (χ3v) is 4.02. The van der Waals surface area contributed by atoms with Crippen LogP contribution in [-0.4, -0.2) is 43.1 Å². The fourth-order valence-corrected chi connectivity index (χ4v) is 2.90. The molecule has 1 heterocycles. The van der Waals surface area contributed by atoms with Crippen molar-refractivity contribution in [1.82, 2.24) is 19.9 Å². The second kappa shape index (κ2) is 7.44. The molecule has 1 atom stereocenters. The fourth-order valence-electron chi connectivity index (χ4n) is 2.11. The molecule has 0 saturated carbocycles. The molecule has 0 aromatic carbocycles. The zero-order valence-electron chi connectivity index (χ0n) is 13.2. The van der Waals surface area contributed by atoms with Crippen molar-refractivity contribution in [1.29, 1.82) is 0 Å². The maximum absolute atomic E-state index is 12.5. The number of nitrogen functional groups attached to an aromatic ring is 2. The van der Waals surface area contributed by atoms with Crippen LogP contribution in [0.15, 0.2) is 0 Å². The Bertz CT molecular complexity index is 465. The first-order valence-corrected chi connectivity index (χ1v) is 7.97. The number of anilines is 2. The molecule has 0 aliphatic rings. The van der Waals surface area contributed by atoms with Gasteiger partial charge < -0.3 is 16.4 Å². The molecule has 1 aromatic heterocycles. The minimum atomic E-state index is -0.186. The smallest absolute Gasteiger partial charge is 0.235 e. The van der Waals surface area contributed by atoms with Crippen LogP contribution >= 0.6 is 11.8 Å². The predicted molar refractivity (Wildman–Crippen MR) is 86.5 cm³/mol. The molecule has 7 nitrogen and oxygen atoms in total. The molecule has 0 aliphatic carbocycles. The van der Waals surface area contributed by atoms with Gasteiger partial charge in [0.15, 0.2) is 0 Å². The molecule has 1 aromatic rings. The van der Waals surface area contributed by atoms with Crippen molar-refractivity contribution in [2.45, 2.75) is 57.7 Å². The highest BCUT2D eigenvalue weighted by Crippen LogP contribution is 2.20. The van der Waals surface area contributed by atoms with E-state index in [1.165, 1.54) is 11.8 Å². The van der Waals surface area contributed by atoms with E-state index in [0.717, 1.165) is 0 Å². The number of nitrogens with zero attached hydrogens (tertiary/aromatic N) is 4. The number of hydrogen-bond acceptors (Lipinski definition) is 7. The van der Waals surface area contributed by atoms with Crippen LogP contribution in [0.2, 0.25) is 0 Å². The van der Waals surface area contributed by atoms with Gasteiger partial charge in [0, 0.05) is 12.1 Å². The summed E-state index contributed by atoms with van der Waals surface area (Å²) in [5, 5.41) is -0.186. The van der Waals surface area contributed by atoms with Gasteiger partial charge in [0.2, 0.25) is 17.8 Å². The summed E-state index contributed by atoms with van der Waals surface area (Å²) in [7, 11) is 0. The molecule has 0 spiro atoms. The summed E-state index contributed by atoms with van der Waals surface area (Å²) in [6.45, 7) is 9.95. The SMILES string of the molecule is CC(SCc1nc(N)nc(N)n1)C(=O)N(C(C)C)C(C)C. The van der Waals surface area contributed by atoms with E-state index in [1.54, 1.807) is 0 Å². The van der Waals surface area contributed by atoms with Gasteiger partial charge in [-0.2, -0.15) is 15.0 Å². The van der Waals surface area contributed by atoms with Crippen LogP contribution in [0.4, 0.5) is 11.9 Å². The molecule has 0 aliphatic heterocycles. The van der Waals surface area contributed by atoms with Crippen LogP contribution in [0.3, 0.4) is 0 Å². The molecule has 4 N–H and O–H groups in total. The lowest BCUT2D eigenvalue weighted by Crippen LogP contribution is -2.45. The molecule has 1 rings (SSSR count). The van der Waals surface area contributed by atoms with Crippen molar-refractivity contribution >= 4 is 29.6 Å². The minimum Gasteiger partial charge on any atom is -0.368 e. The number of aromatic nitrogens is 3. The Kier molecular flexibility index (Phi) is 6.19. The van der Waals surface area contributed by atoms with E-state index in [2.05, 4.69) is 15.0 Å². The molecule has 1 amide bonds. The minimum absolute atomic E-state index is 0.100. The Morgan fingerprint density at radius 1 is 1.05 bits per heavy atom. The quantitative estimate of drug-likeness (QED) is 0.814. The van der Waals surface area contributed by atoms with Crippen LogP contribution < -0.4 is 11.5 Å². The van der Waals surface area contributed by atoms with E-state index in [4.69, 9.17) is 11.5 Å². The number of hydrogen-bond donors (Lipinski definition) is 2. The summed E-state index contributed by atoms with van der Waals surface area (Å²) in [6.07, 6.45) is 0. The highest BCUT2D eigenvalue weighted by molar-refractivity contribution is 7.99. The first kappa shape index (κ1) is 17.5. The van der Waals surface area contributed by atoms with Crippen molar-refractivity contribution in [3.63, 3.8) is 0 Å². The first-order chi connectivity index (χ1) is 9.72. The Hall–Kier alpha value is -1.57. The van der Waals surface area contributed by atoms with E-state index in [-0.39, 0.29) is 35.1 Å². The molecule has 0 fully saturated rings. The highest BCUT2D eigenvalue weighted by Gasteiger charge is 2.25. The molecule has 118 valence electrons. The Morgan fingerprint density at radius 2 is 1.52 bits per heavy atom. The monoisotopic (exact) mass is 312 g/mol. The highest BCUT2D eigenvalue weighted by atomic mass is 32.2. The standard InChI is InChI=1S/C13H24N6OS/c1-7(2)19(8(3)4)11(20)9(5)21-6-10-16-12(14)18-13(15)17-10/h7-9H,6H2,1-5H3,(H4,14,15,16,17,18). The topological polar surface area (TPSA) is 111 Å². The molecule has 21 heavy (non-hydrogen) atoms. The van der Waals surface area contributed by atoms with Crippen molar-refractivity contribution in [2.75, 3.05) is 11.5 Å². The van der Waals surface area contributed by atoms with E-state index in [1.807, 2.05) is 39.5 Å². The number of rotatable bonds is 6. The van der Waals surface area contributed by atoms with Gasteiger partial charge in [0.05, 0.1) is 11.0 Å². The number of carbonyl (C=O) groups is 1. The number of carbonyl (C=O) groups excluding carboxylic acids is 1. The lowest BCUT2D eigenvalue weighted by molar-refractivity contribution is -0.133. The second-order valence-electron chi connectivity index (χ2n) is 5.35. The van der Waals surface area contributed by atoms with Gasteiger partial charge in [0.1, 0.15) is 5.82 Å². The third kappa shape index (κ3) is 5.04. The summed E-state index contributed by atoms with van der Waals surface area (Å²) in [4.78, 5) is 26.1. The van der Waals surface area contributed by atoms with Crippen molar-refractivity contribution in [2.24, 2.45) is 0 Å². The Morgan fingerprint density at radius 3 is 1.95 bits per heavy atom. The lowest BCUT2D eigenvalue weighted by atomic mass is 10.2. The van der Waals surface area contributed by atoms with Crippen LogP contribution in [0.1, 0.15) is 40.4 Å². The predicted octanol–water partition coefficient (Wildman–Crippen LogP) is 1.30. The molecule has 8 heteroatoms. The largest absolute Gasteiger partial charge is 0.368 e. The Labute approximate surface area is 129 Å². The van der Waals surface area contributed by atoms with E-state index < -0.39 is 0 Å². The third-order valence-electron chi connectivity index (χ3n) is 2.89. The van der Waals surface area contributed by atoms with Gasteiger partial charge in [-0.15, -0.1) is 11.8 Å². The number of amides is 1. The summed E-state index contributed by atoms with van der Waals surface area (Å²) in [5.74, 6) is 1.27. The summed E-state index contributed by atoms with van der Waals surface area (Å²) < 4.78 is 0. The van der Waals surface area contributed by atoms with Gasteiger partial charge in [-0.1, -0.05) is 0 Å². The van der Waals surface area contributed by atoms with Crippen molar-refractivity contribution in [3.05, 3.63) is 5.82 Å². The lowest BCUT2D eigenvalue weighted by Gasteiger charge is -2.32. The van der Waals surface area contributed by atoms with Crippen LogP contribution in [0, 0.1) is 0 Å². The molecule has 0 saturated heterocycles. The maximum Gasteiger partial charge on any atom is 0.235 e. The molecule has 0 bridgehead atoms. The van der Waals surface area contributed by atoms with E-state index in [9.17, 15) is 4.79 Å². The first-order valence-electron chi connectivity index (χ1n) is 6.92. The van der Waals surface area contributed by atoms with Crippen LogP contribution in [0.25, 0.3) is 0 Å². The summed E-state index contributed by atoms with van der Waals surface area (Å²) >= 11 is 1.46. The van der Waals surface area contributed by atoms with Gasteiger partial charge in [-0.3, -0.25) is 4.79 Å². The molecule has 0 radical (unpaired) electrons. The molecule has 1 unspecified atom stereocenters. The van der Waals surface area contributed by atoms with Crippen molar-refractivity contribution < 1.29 is 4.79 Å². The van der Waals surface area contributed by atoms with Crippen molar-refractivity contribution in [3.8, 4) is 0 Å². The maximum atomic E-state index is 12.5. The number of thioether (sulfide) groups is 1. The van der Waals surface area contributed by atoms with Gasteiger partial charge in [-0.05, 0) is 34.6 Å². The van der Waals surface area contributed by atoms with E-state index >= 15 is 0 Å². The normalized spacial score (nSPS) is 12.7.